The molecule has 0 saturated heterocycles. The lowest BCUT2D eigenvalue weighted by Crippen LogP contribution is -2.18. The Hall–Kier alpha value is -2.99. The molecule has 7 heteroatoms. The van der Waals surface area contributed by atoms with Gasteiger partial charge in [0.15, 0.2) is 6.61 Å². The number of fused-ring (bicyclic) bond motifs is 1. The fraction of sp³-hybridized carbons (Fsp3) is 0.200. The van der Waals surface area contributed by atoms with E-state index < -0.39 is 11.6 Å². The first-order valence-electron chi connectivity index (χ1n) is 8.22. The lowest BCUT2D eigenvalue weighted by atomic mass is 10.1. The normalized spacial score (nSPS) is 10.6. The standard InChI is InChI=1S/C20H17ClO6/c1-13-9-19(22)27-18-11-16(5-6-17(13)18)26-12-20(23)25-8-7-24-15-4-2-3-14(21)10-15/h2-6,9-11H,7-8,12H2,1H3. The summed E-state index contributed by atoms with van der Waals surface area (Å²) in [6, 6.07) is 13.4. The van der Waals surface area contributed by atoms with Crippen molar-refractivity contribution in [2.75, 3.05) is 19.8 Å². The van der Waals surface area contributed by atoms with E-state index in [0.717, 1.165) is 10.9 Å². The number of ether oxygens (including phenoxy) is 3. The van der Waals surface area contributed by atoms with Gasteiger partial charge in [-0.25, -0.2) is 9.59 Å². The summed E-state index contributed by atoms with van der Waals surface area (Å²) in [4.78, 5) is 23.2. The third-order valence-corrected chi connectivity index (χ3v) is 3.93. The summed E-state index contributed by atoms with van der Waals surface area (Å²) in [7, 11) is 0. The zero-order valence-electron chi connectivity index (χ0n) is 14.6. The van der Waals surface area contributed by atoms with Crippen LogP contribution in [-0.2, 0) is 9.53 Å². The summed E-state index contributed by atoms with van der Waals surface area (Å²) in [5.74, 6) is 0.474. The molecule has 3 rings (SSSR count). The van der Waals surface area contributed by atoms with Crippen molar-refractivity contribution in [2.45, 2.75) is 6.92 Å². The fourth-order valence-electron chi connectivity index (χ4n) is 2.45. The van der Waals surface area contributed by atoms with Crippen molar-refractivity contribution >= 4 is 28.5 Å². The Morgan fingerprint density at radius 3 is 2.67 bits per heavy atom. The number of hydrogen-bond donors (Lipinski definition) is 0. The smallest absolute Gasteiger partial charge is 0.344 e. The van der Waals surface area contributed by atoms with Crippen molar-refractivity contribution in [1.82, 2.24) is 0 Å². The molecule has 1 aromatic heterocycles. The van der Waals surface area contributed by atoms with E-state index in [1.807, 2.05) is 6.92 Å². The molecule has 27 heavy (non-hydrogen) atoms. The number of carbonyl (C=O) groups excluding carboxylic acids is 1. The average molecular weight is 389 g/mol. The van der Waals surface area contributed by atoms with Gasteiger partial charge in [0.1, 0.15) is 30.3 Å². The average Bonchev–Trinajstić information content (AvgIpc) is 2.63. The maximum atomic E-state index is 11.8. The summed E-state index contributed by atoms with van der Waals surface area (Å²) >= 11 is 5.86. The van der Waals surface area contributed by atoms with Crippen molar-refractivity contribution in [3.05, 3.63) is 69.5 Å². The molecule has 0 amide bonds. The van der Waals surface area contributed by atoms with Gasteiger partial charge in [0.2, 0.25) is 0 Å². The largest absolute Gasteiger partial charge is 0.490 e. The van der Waals surface area contributed by atoms with Crippen LogP contribution in [0.3, 0.4) is 0 Å². The summed E-state index contributed by atoms with van der Waals surface area (Å²) in [5, 5.41) is 1.38. The molecule has 0 N–H and O–H groups in total. The zero-order chi connectivity index (χ0) is 19.2. The topological polar surface area (TPSA) is 75.0 Å². The minimum atomic E-state index is -0.532. The van der Waals surface area contributed by atoms with Gasteiger partial charge < -0.3 is 18.6 Å². The third kappa shape index (κ3) is 5.24. The minimum Gasteiger partial charge on any atom is -0.490 e. The van der Waals surface area contributed by atoms with Crippen molar-refractivity contribution in [1.29, 1.82) is 0 Å². The Balaban J connectivity index is 1.46. The van der Waals surface area contributed by atoms with Crippen LogP contribution in [0.25, 0.3) is 11.0 Å². The molecule has 0 unspecified atom stereocenters. The number of rotatable bonds is 7. The van der Waals surface area contributed by atoms with Crippen LogP contribution in [0.4, 0.5) is 0 Å². The summed E-state index contributed by atoms with van der Waals surface area (Å²) in [6.45, 7) is 1.84. The number of hydrogen-bond acceptors (Lipinski definition) is 6. The maximum Gasteiger partial charge on any atom is 0.344 e. The van der Waals surface area contributed by atoms with E-state index in [4.69, 9.17) is 30.2 Å². The van der Waals surface area contributed by atoms with Gasteiger partial charge in [0, 0.05) is 22.5 Å². The number of carbonyl (C=O) groups is 1. The Labute approximate surface area is 160 Å². The molecule has 0 aliphatic rings. The van der Waals surface area contributed by atoms with Crippen molar-refractivity contribution in [3.8, 4) is 11.5 Å². The predicted octanol–water partition coefficient (Wildman–Crippen LogP) is 3.76. The minimum absolute atomic E-state index is 0.0838. The van der Waals surface area contributed by atoms with E-state index in [2.05, 4.69) is 0 Å². The lowest BCUT2D eigenvalue weighted by molar-refractivity contribution is -0.146. The van der Waals surface area contributed by atoms with Crippen LogP contribution in [0.15, 0.2) is 57.7 Å². The van der Waals surface area contributed by atoms with E-state index in [9.17, 15) is 9.59 Å². The van der Waals surface area contributed by atoms with Crippen molar-refractivity contribution in [3.63, 3.8) is 0 Å². The lowest BCUT2D eigenvalue weighted by Gasteiger charge is -2.09. The molecule has 0 aliphatic heterocycles. The third-order valence-electron chi connectivity index (χ3n) is 3.69. The van der Waals surface area contributed by atoms with E-state index >= 15 is 0 Å². The molecule has 2 aromatic carbocycles. The highest BCUT2D eigenvalue weighted by Crippen LogP contribution is 2.22. The highest BCUT2D eigenvalue weighted by molar-refractivity contribution is 6.30. The van der Waals surface area contributed by atoms with Crippen molar-refractivity contribution in [2.24, 2.45) is 0 Å². The van der Waals surface area contributed by atoms with Gasteiger partial charge in [0.05, 0.1) is 0 Å². The summed E-state index contributed by atoms with van der Waals surface area (Å²) in [6.07, 6.45) is 0. The second-order valence-electron chi connectivity index (χ2n) is 5.72. The Morgan fingerprint density at radius 2 is 1.85 bits per heavy atom. The van der Waals surface area contributed by atoms with Crippen molar-refractivity contribution < 1.29 is 23.4 Å². The van der Waals surface area contributed by atoms with E-state index in [-0.39, 0.29) is 19.8 Å². The number of benzene rings is 2. The molecular formula is C20H17ClO6. The molecule has 0 radical (unpaired) electrons. The van der Waals surface area contributed by atoms with Crippen LogP contribution >= 0.6 is 11.6 Å². The van der Waals surface area contributed by atoms with Crippen LogP contribution in [0.5, 0.6) is 11.5 Å². The SMILES string of the molecule is Cc1cc(=O)oc2cc(OCC(=O)OCCOc3cccc(Cl)c3)ccc12. The number of esters is 1. The maximum absolute atomic E-state index is 11.8. The van der Waals surface area contributed by atoms with Crippen LogP contribution < -0.4 is 15.1 Å². The highest BCUT2D eigenvalue weighted by Gasteiger charge is 2.07. The Morgan fingerprint density at radius 1 is 1.04 bits per heavy atom. The molecule has 140 valence electrons. The fourth-order valence-corrected chi connectivity index (χ4v) is 2.63. The van der Waals surface area contributed by atoms with Gasteiger partial charge in [-0.05, 0) is 42.8 Å². The molecule has 0 spiro atoms. The van der Waals surface area contributed by atoms with Crippen LogP contribution in [-0.4, -0.2) is 25.8 Å². The molecule has 6 nitrogen and oxygen atoms in total. The molecule has 0 atom stereocenters. The van der Waals surface area contributed by atoms with E-state index in [0.29, 0.717) is 22.1 Å². The molecule has 0 fully saturated rings. The van der Waals surface area contributed by atoms with Crippen LogP contribution in [0, 0.1) is 6.92 Å². The number of aryl methyl sites for hydroxylation is 1. The van der Waals surface area contributed by atoms with Gasteiger partial charge >= 0.3 is 11.6 Å². The molecule has 0 bridgehead atoms. The van der Waals surface area contributed by atoms with Crippen LogP contribution in [0.1, 0.15) is 5.56 Å². The summed E-state index contributed by atoms with van der Waals surface area (Å²) < 4.78 is 21.0. The summed E-state index contributed by atoms with van der Waals surface area (Å²) in [5.41, 5.74) is 0.781. The highest BCUT2D eigenvalue weighted by atomic mass is 35.5. The van der Waals surface area contributed by atoms with Gasteiger partial charge in [-0.2, -0.15) is 0 Å². The second-order valence-corrected chi connectivity index (χ2v) is 6.16. The molecule has 0 saturated carbocycles. The van der Waals surface area contributed by atoms with Gasteiger partial charge in [0.25, 0.3) is 0 Å². The quantitative estimate of drug-likeness (QED) is 0.348. The predicted molar refractivity (Wildman–Crippen MR) is 101 cm³/mol. The Kier molecular flexibility index (Phi) is 5.98. The number of halogens is 1. The zero-order valence-corrected chi connectivity index (χ0v) is 15.3. The molecule has 1 heterocycles. The monoisotopic (exact) mass is 388 g/mol. The molecular weight excluding hydrogens is 372 g/mol. The van der Waals surface area contributed by atoms with Crippen LogP contribution in [0.2, 0.25) is 5.02 Å². The Bertz CT molecular complexity index is 1010. The first kappa shape index (κ1) is 18.8. The molecule has 3 aromatic rings. The van der Waals surface area contributed by atoms with E-state index in [1.54, 1.807) is 42.5 Å². The second kappa shape index (κ2) is 8.60. The van der Waals surface area contributed by atoms with Gasteiger partial charge in [-0.3, -0.25) is 0 Å². The van der Waals surface area contributed by atoms with E-state index in [1.165, 1.54) is 6.07 Å². The molecule has 0 aliphatic carbocycles. The first-order chi connectivity index (χ1) is 13.0. The first-order valence-corrected chi connectivity index (χ1v) is 8.60. The van der Waals surface area contributed by atoms with Gasteiger partial charge in [-0.1, -0.05) is 17.7 Å². The van der Waals surface area contributed by atoms with Gasteiger partial charge in [-0.15, -0.1) is 0 Å².